The van der Waals surface area contributed by atoms with E-state index in [-0.39, 0.29) is 18.5 Å². The van der Waals surface area contributed by atoms with Crippen molar-refractivity contribution in [3.63, 3.8) is 0 Å². The molecule has 34 heavy (non-hydrogen) atoms. The van der Waals surface area contributed by atoms with Crippen LogP contribution in [0.15, 0.2) is 72.8 Å². The molecule has 0 unspecified atom stereocenters. The zero-order chi connectivity index (χ0) is 23.1. The molecule has 6 nitrogen and oxygen atoms in total. The lowest BCUT2D eigenvalue weighted by Crippen LogP contribution is -2.26. The Morgan fingerprint density at radius 1 is 0.971 bits per heavy atom. The number of hydrogen-bond acceptors (Lipinski definition) is 4. The van der Waals surface area contributed by atoms with Gasteiger partial charge in [0.2, 0.25) is 6.79 Å². The molecule has 5 aromatic rings. The third kappa shape index (κ3) is 3.61. The first-order chi connectivity index (χ1) is 16.7. The molecule has 7 heteroatoms. The van der Waals surface area contributed by atoms with Crippen molar-refractivity contribution in [1.82, 2.24) is 15.3 Å². The molecule has 0 atom stereocenters. The fourth-order valence-electron chi connectivity index (χ4n) is 4.32. The minimum atomic E-state index is -0.288. The minimum absolute atomic E-state index is 0.182. The minimum Gasteiger partial charge on any atom is -0.454 e. The van der Waals surface area contributed by atoms with Gasteiger partial charge in [-0.25, -0.2) is 9.37 Å². The first-order valence-electron chi connectivity index (χ1n) is 11.0. The molecule has 1 aliphatic heterocycles. The maximum atomic E-state index is 13.4. The fourth-order valence-corrected chi connectivity index (χ4v) is 4.32. The summed E-state index contributed by atoms with van der Waals surface area (Å²) in [5.74, 6) is 0.755. The molecule has 0 bridgehead atoms. The molecule has 0 radical (unpaired) electrons. The van der Waals surface area contributed by atoms with Crippen molar-refractivity contribution in [3.05, 3.63) is 89.9 Å². The number of amides is 1. The molecule has 2 N–H and O–H groups in total. The Morgan fingerprint density at radius 3 is 2.76 bits per heavy atom. The fraction of sp³-hybridized carbons (Fsp3) is 0.111. The van der Waals surface area contributed by atoms with Crippen molar-refractivity contribution in [2.24, 2.45) is 0 Å². The van der Waals surface area contributed by atoms with E-state index >= 15 is 0 Å². The molecule has 2 aromatic heterocycles. The molecule has 0 saturated heterocycles. The van der Waals surface area contributed by atoms with E-state index in [0.29, 0.717) is 35.9 Å². The highest BCUT2D eigenvalue weighted by atomic mass is 19.1. The summed E-state index contributed by atoms with van der Waals surface area (Å²) in [5, 5.41) is 4.83. The lowest BCUT2D eigenvalue weighted by molar-refractivity contribution is 0.0949. The number of halogens is 1. The zero-order valence-electron chi connectivity index (χ0n) is 18.1. The average Bonchev–Trinajstić information content (AvgIpc) is 3.47. The van der Waals surface area contributed by atoms with Crippen molar-refractivity contribution >= 4 is 27.7 Å². The van der Waals surface area contributed by atoms with E-state index in [1.807, 2.05) is 54.6 Å². The number of carbonyl (C=O) groups is 1. The standard InChI is InChI=1S/C27H20FN3O3/c28-18-5-3-4-16(12-18)10-11-29-27(32)22-14-20-19-6-1-2-7-21(19)30-26(20)25(31-22)17-8-9-23-24(13-17)34-15-33-23/h1-9,12-14,30H,10-11,15H2,(H,29,32). The number of nitrogens with one attached hydrogen (secondary N) is 2. The topological polar surface area (TPSA) is 76.2 Å². The SMILES string of the molecule is O=C(NCCc1cccc(F)c1)c1cc2c([nH]c3ccccc32)c(-c2ccc3c(c2)OCO3)n1. The molecule has 3 aromatic carbocycles. The summed E-state index contributed by atoms with van der Waals surface area (Å²) in [6, 6.07) is 21.8. The molecule has 0 spiro atoms. The molecule has 168 valence electrons. The van der Waals surface area contributed by atoms with Gasteiger partial charge in [-0.3, -0.25) is 4.79 Å². The smallest absolute Gasteiger partial charge is 0.269 e. The van der Waals surface area contributed by atoms with Crippen LogP contribution >= 0.6 is 0 Å². The summed E-state index contributed by atoms with van der Waals surface area (Å²) >= 11 is 0. The maximum Gasteiger partial charge on any atom is 0.269 e. The van der Waals surface area contributed by atoms with Gasteiger partial charge in [0, 0.05) is 28.4 Å². The molecule has 1 aliphatic rings. The highest BCUT2D eigenvalue weighted by Gasteiger charge is 2.20. The van der Waals surface area contributed by atoms with Crippen LogP contribution in [0, 0.1) is 5.82 Å². The van der Waals surface area contributed by atoms with Crippen LogP contribution in [0.2, 0.25) is 0 Å². The lowest BCUT2D eigenvalue weighted by atomic mass is 10.1. The van der Waals surface area contributed by atoms with Gasteiger partial charge < -0.3 is 19.8 Å². The molecule has 1 amide bonds. The number of pyridine rings is 1. The Labute approximate surface area is 194 Å². The van der Waals surface area contributed by atoms with E-state index in [0.717, 1.165) is 32.9 Å². The largest absolute Gasteiger partial charge is 0.454 e. The summed E-state index contributed by atoms with van der Waals surface area (Å²) in [6.07, 6.45) is 0.522. The molecule has 6 rings (SSSR count). The van der Waals surface area contributed by atoms with E-state index < -0.39 is 0 Å². The number of nitrogens with zero attached hydrogens (tertiary/aromatic N) is 1. The quantitative estimate of drug-likeness (QED) is 0.382. The first kappa shape index (κ1) is 20.2. The van der Waals surface area contributed by atoms with Crippen LogP contribution in [0.5, 0.6) is 11.5 Å². The number of aromatic nitrogens is 2. The Kier molecular flexibility index (Phi) is 4.87. The number of ether oxygens (including phenoxy) is 2. The van der Waals surface area contributed by atoms with Crippen LogP contribution in [0.3, 0.4) is 0 Å². The average molecular weight is 453 g/mol. The van der Waals surface area contributed by atoms with E-state index in [1.54, 1.807) is 6.07 Å². The second-order valence-corrected chi connectivity index (χ2v) is 8.15. The molecular weight excluding hydrogens is 433 g/mol. The van der Waals surface area contributed by atoms with Gasteiger partial charge in [0.15, 0.2) is 11.5 Å². The van der Waals surface area contributed by atoms with E-state index in [4.69, 9.17) is 14.5 Å². The van der Waals surface area contributed by atoms with Gasteiger partial charge in [0.05, 0.1) is 11.2 Å². The number of H-pyrrole nitrogens is 1. The Balaban J connectivity index is 1.38. The molecular formula is C27H20FN3O3. The lowest BCUT2D eigenvalue weighted by Gasteiger charge is -2.09. The van der Waals surface area contributed by atoms with Crippen molar-refractivity contribution < 1.29 is 18.7 Å². The monoisotopic (exact) mass is 453 g/mol. The second-order valence-electron chi connectivity index (χ2n) is 8.15. The number of hydrogen-bond donors (Lipinski definition) is 2. The van der Waals surface area contributed by atoms with E-state index in [2.05, 4.69) is 10.3 Å². The molecule has 0 aliphatic carbocycles. The summed E-state index contributed by atoms with van der Waals surface area (Å²) in [5.41, 5.74) is 4.41. The summed E-state index contributed by atoms with van der Waals surface area (Å²) in [6.45, 7) is 0.553. The van der Waals surface area contributed by atoms with E-state index in [9.17, 15) is 9.18 Å². The van der Waals surface area contributed by atoms with E-state index in [1.165, 1.54) is 12.1 Å². The van der Waals surface area contributed by atoms with Gasteiger partial charge in [-0.05, 0) is 54.4 Å². The van der Waals surface area contributed by atoms with Gasteiger partial charge in [-0.2, -0.15) is 0 Å². The second kappa shape index (κ2) is 8.19. The van der Waals surface area contributed by atoms with Crippen molar-refractivity contribution in [3.8, 4) is 22.8 Å². The van der Waals surface area contributed by atoms with Gasteiger partial charge in [0.25, 0.3) is 5.91 Å². The first-order valence-corrected chi connectivity index (χ1v) is 11.0. The highest BCUT2D eigenvalue weighted by Crippen LogP contribution is 2.38. The van der Waals surface area contributed by atoms with Crippen LogP contribution in [-0.4, -0.2) is 29.2 Å². The van der Waals surface area contributed by atoms with Crippen molar-refractivity contribution in [1.29, 1.82) is 0 Å². The third-order valence-corrected chi connectivity index (χ3v) is 5.96. The number of para-hydroxylation sites is 1. The van der Waals surface area contributed by atoms with Crippen LogP contribution in [0.4, 0.5) is 4.39 Å². The van der Waals surface area contributed by atoms with Gasteiger partial charge in [-0.15, -0.1) is 0 Å². The number of benzene rings is 3. The zero-order valence-corrected chi connectivity index (χ0v) is 18.1. The number of aromatic amines is 1. The third-order valence-electron chi connectivity index (χ3n) is 5.96. The summed E-state index contributed by atoms with van der Waals surface area (Å²) in [7, 11) is 0. The molecule has 0 saturated carbocycles. The predicted molar refractivity (Wildman–Crippen MR) is 128 cm³/mol. The summed E-state index contributed by atoms with van der Waals surface area (Å²) < 4.78 is 24.4. The van der Waals surface area contributed by atoms with Crippen LogP contribution in [0.25, 0.3) is 33.1 Å². The number of rotatable bonds is 5. The Morgan fingerprint density at radius 2 is 1.85 bits per heavy atom. The summed E-state index contributed by atoms with van der Waals surface area (Å²) in [4.78, 5) is 21.3. The Hall–Kier alpha value is -4.39. The maximum absolute atomic E-state index is 13.4. The number of fused-ring (bicyclic) bond motifs is 4. The molecule has 0 fully saturated rings. The van der Waals surface area contributed by atoms with Crippen LogP contribution < -0.4 is 14.8 Å². The van der Waals surface area contributed by atoms with Gasteiger partial charge in [-0.1, -0.05) is 30.3 Å². The van der Waals surface area contributed by atoms with Gasteiger partial charge in [0.1, 0.15) is 11.5 Å². The van der Waals surface area contributed by atoms with Crippen LogP contribution in [-0.2, 0) is 6.42 Å². The van der Waals surface area contributed by atoms with Crippen molar-refractivity contribution in [2.45, 2.75) is 6.42 Å². The normalized spacial score (nSPS) is 12.4. The Bertz CT molecular complexity index is 1560. The van der Waals surface area contributed by atoms with Crippen LogP contribution in [0.1, 0.15) is 16.1 Å². The molecule has 3 heterocycles. The highest BCUT2D eigenvalue weighted by molar-refractivity contribution is 6.13. The van der Waals surface area contributed by atoms with Crippen molar-refractivity contribution in [2.75, 3.05) is 13.3 Å². The number of carbonyl (C=O) groups excluding carboxylic acids is 1. The predicted octanol–water partition coefficient (Wildman–Crippen LogP) is 5.22. The van der Waals surface area contributed by atoms with Gasteiger partial charge >= 0.3 is 0 Å².